The topological polar surface area (TPSA) is 56.1 Å². The predicted octanol–water partition coefficient (Wildman–Crippen LogP) is 4.24. The zero-order valence-electron chi connectivity index (χ0n) is 16.3. The maximum atomic E-state index is 13.3. The maximum absolute atomic E-state index is 13.3. The van der Waals surface area contributed by atoms with Crippen LogP contribution >= 0.6 is 11.8 Å². The monoisotopic (exact) mass is 411 g/mol. The third kappa shape index (κ3) is 5.06. The van der Waals surface area contributed by atoms with Gasteiger partial charge in [0, 0.05) is 24.5 Å². The Kier molecular flexibility index (Phi) is 7.08. The Labute approximate surface area is 173 Å². The van der Waals surface area contributed by atoms with Crippen LogP contribution < -0.4 is 10.1 Å². The molecule has 1 heterocycles. The number of hydrogen-bond donors (Lipinski definition) is 1. The van der Waals surface area contributed by atoms with E-state index >= 15 is 0 Å². The van der Waals surface area contributed by atoms with Gasteiger partial charge in [0.05, 0.1) is 18.5 Å². The van der Waals surface area contributed by atoms with Crippen LogP contribution in [-0.2, 0) is 6.42 Å². The van der Waals surface area contributed by atoms with E-state index in [9.17, 15) is 9.18 Å². The van der Waals surface area contributed by atoms with Gasteiger partial charge in [0.15, 0.2) is 0 Å². The number of rotatable bonds is 9. The van der Waals surface area contributed by atoms with Crippen LogP contribution in [0.5, 0.6) is 5.75 Å². The molecule has 7 heteroatoms. The van der Waals surface area contributed by atoms with Crippen molar-refractivity contribution in [3.05, 3.63) is 89.2 Å². The third-order valence-corrected chi connectivity index (χ3v) is 5.12. The molecule has 0 radical (unpaired) electrons. The van der Waals surface area contributed by atoms with Crippen LogP contribution in [0.15, 0.2) is 72.3 Å². The minimum Gasteiger partial charge on any atom is -0.496 e. The van der Waals surface area contributed by atoms with Crippen LogP contribution in [0.3, 0.4) is 0 Å². The Bertz CT molecular complexity index is 986. The molecule has 0 aliphatic rings. The number of benzene rings is 2. The fourth-order valence-electron chi connectivity index (χ4n) is 2.94. The number of thioether (sulfide) groups is 1. The summed E-state index contributed by atoms with van der Waals surface area (Å²) in [5.41, 5.74) is 1.94. The molecular weight excluding hydrogens is 389 g/mol. The molecule has 0 fully saturated rings. The first-order valence-corrected chi connectivity index (χ1v) is 10.3. The van der Waals surface area contributed by atoms with Crippen molar-refractivity contribution in [2.24, 2.45) is 0 Å². The van der Waals surface area contributed by atoms with Gasteiger partial charge in [-0.3, -0.25) is 4.79 Å². The van der Waals surface area contributed by atoms with E-state index in [2.05, 4.69) is 10.3 Å². The molecule has 5 nitrogen and oxygen atoms in total. The fraction of sp³-hybridized carbons (Fsp3) is 0.182. The summed E-state index contributed by atoms with van der Waals surface area (Å²) in [7, 11) is 1.65. The van der Waals surface area contributed by atoms with Gasteiger partial charge in [-0.2, -0.15) is 0 Å². The van der Waals surface area contributed by atoms with Gasteiger partial charge in [0.25, 0.3) is 0 Å². The quantitative estimate of drug-likeness (QED) is 0.422. The van der Waals surface area contributed by atoms with Crippen molar-refractivity contribution < 1.29 is 13.9 Å². The van der Waals surface area contributed by atoms with Crippen molar-refractivity contribution in [3.8, 4) is 5.75 Å². The summed E-state index contributed by atoms with van der Waals surface area (Å²) < 4.78 is 20.3. The van der Waals surface area contributed by atoms with E-state index in [0.29, 0.717) is 22.8 Å². The summed E-state index contributed by atoms with van der Waals surface area (Å²) >= 11 is 1.44. The second-order valence-corrected chi connectivity index (χ2v) is 6.99. The van der Waals surface area contributed by atoms with Crippen molar-refractivity contribution in [3.63, 3.8) is 0 Å². The van der Waals surface area contributed by atoms with Gasteiger partial charge in [-0.1, -0.05) is 18.2 Å². The number of halogens is 1. The van der Waals surface area contributed by atoms with Gasteiger partial charge in [-0.15, -0.1) is 11.8 Å². The minimum absolute atomic E-state index is 0.211. The Morgan fingerprint density at radius 3 is 2.62 bits per heavy atom. The van der Waals surface area contributed by atoms with Crippen molar-refractivity contribution in [2.75, 3.05) is 19.9 Å². The second-order valence-electron chi connectivity index (χ2n) is 6.18. The average Bonchev–Trinajstić information content (AvgIpc) is 3.28. The highest BCUT2D eigenvalue weighted by atomic mass is 32.2. The van der Waals surface area contributed by atoms with Gasteiger partial charge >= 0.3 is 0 Å². The third-order valence-electron chi connectivity index (χ3n) is 4.38. The van der Waals surface area contributed by atoms with E-state index in [1.807, 2.05) is 30.5 Å². The predicted molar refractivity (Wildman–Crippen MR) is 114 cm³/mol. The molecule has 1 N–H and O–H groups in total. The van der Waals surface area contributed by atoms with E-state index in [4.69, 9.17) is 4.74 Å². The normalized spacial score (nSPS) is 11.7. The zero-order valence-corrected chi connectivity index (χ0v) is 17.1. The van der Waals surface area contributed by atoms with Gasteiger partial charge in [0.2, 0.25) is 5.78 Å². The number of para-hydroxylation sites is 1. The van der Waals surface area contributed by atoms with Crippen molar-refractivity contribution in [1.29, 1.82) is 0 Å². The summed E-state index contributed by atoms with van der Waals surface area (Å²) in [6.45, 7) is 0.617. The number of carbonyl (C=O) groups excluding carboxylic acids is 1. The molecular formula is C22H22FN3O2S. The van der Waals surface area contributed by atoms with E-state index < -0.39 is 0 Å². The first-order valence-electron chi connectivity index (χ1n) is 9.06. The number of carbonyl (C=O) groups is 1. The molecule has 0 atom stereocenters. The molecule has 0 amide bonds. The van der Waals surface area contributed by atoms with Crippen LogP contribution in [0.4, 0.5) is 4.39 Å². The van der Waals surface area contributed by atoms with Gasteiger partial charge in [-0.25, -0.2) is 9.37 Å². The molecule has 0 saturated carbocycles. The van der Waals surface area contributed by atoms with Crippen LogP contribution in [0.1, 0.15) is 15.9 Å². The van der Waals surface area contributed by atoms with Gasteiger partial charge in [-0.05, 0) is 48.6 Å². The smallest absolute Gasteiger partial charge is 0.212 e. The molecule has 0 saturated heterocycles. The van der Waals surface area contributed by atoms with Crippen LogP contribution in [0.25, 0.3) is 5.70 Å². The Morgan fingerprint density at radius 2 is 1.97 bits per heavy atom. The van der Waals surface area contributed by atoms with Crippen LogP contribution in [-0.4, -0.2) is 35.2 Å². The molecule has 0 aliphatic carbocycles. The molecule has 3 aromatic rings. The maximum Gasteiger partial charge on any atom is 0.212 e. The molecule has 29 heavy (non-hydrogen) atoms. The summed E-state index contributed by atoms with van der Waals surface area (Å²) in [5, 5.41) is 4.08. The SMILES string of the molecule is COc1ccccc1CCNC(SC)=C(C(=O)c1ccc(F)cc1)n1ccnc1. The highest BCUT2D eigenvalue weighted by Gasteiger charge is 2.19. The highest BCUT2D eigenvalue weighted by molar-refractivity contribution is 8.02. The molecule has 2 aromatic carbocycles. The van der Waals surface area contributed by atoms with Crippen molar-refractivity contribution in [1.82, 2.24) is 14.9 Å². The molecule has 3 rings (SSSR count). The first-order chi connectivity index (χ1) is 14.1. The lowest BCUT2D eigenvalue weighted by atomic mass is 10.1. The molecule has 150 valence electrons. The lowest BCUT2D eigenvalue weighted by molar-refractivity contribution is 0.105. The number of allylic oxidation sites excluding steroid dienone is 1. The van der Waals surface area contributed by atoms with E-state index in [-0.39, 0.29) is 11.6 Å². The molecule has 0 unspecified atom stereocenters. The van der Waals surface area contributed by atoms with E-state index in [1.165, 1.54) is 36.0 Å². The second kappa shape index (κ2) is 9.93. The molecule has 1 aromatic heterocycles. The number of hydrogen-bond acceptors (Lipinski definition) is 5. The van der Waals surface area contributed by atoms with Crippen LogP contribution in [0, 0.1) is 5.82 Å². The number of ether oxygens (including phenoxy) is 1. The van der Waals surface area contributed by atoms with Crippen molar-refractivity contribution >= 4 is 23.2 Å². The number of nitrogens with one attached hydrogen (secondary N) is 1. The Hall–Kier alpha value is -3.06. The number of methoxy groups -OCH3 is 1. The molecule has 0 spiro atoms. The molecule has 0 bridgehead atoms. The zero-order chi connectivity index (χ0) is 20.6. The lowest BCUT2D eigenvalue weighted by Gasteiger charge is -2.16. The van der Waals surface area contributed by atoms with E-state index in [1.54, 1.807) is 30.4 Å². The summed E-state index contributed by atoms with van der Waals surface area (Å²) in [4.78, 5) is 17.2. The fourth-order valence-corrected chi connectivity index (χ4v) is 3.58. The summed E-state index contributed by atoms with van der Waals surface area (Å²) in [6, 6.07) is 13.4. The van der Waals surface area contributed by atoms with Gasteiger partial charge in [0.1, 0.15) is 17.3 Å². The minimum atomic E-state index is -0.380. The van der Waals surface area contributed by atoms with Crippen molar-refractivity contribution in [2.45, 2.75) is 6.42 Å². The standard InChI is InChI=1S/C22H22FN3O2S/c1-28-19-6-4-3-5-16(19)11-12-25-22(29-2)20(26-14-13-24-15-26)21(27)17-7-9-18(23)10-8-17/h3-10,13-15,25H,11-12H2,1-2H3. The summed E-state index contributed by atoms with van der Waals surface area (Å²) in [5.74, 6) is 0.244. The van der Waals surface area contributed by atoms with Gasteiger partial charge < -0.3 is 14.6 Å². The summed E-state index contributed by atoms with van der Waals surface area (Å²) in [6.07, 6.45) is 7.55. The number of Topliss-reactive ketones (excluding diaryl/α,β-unsaturated/α-hetero) is 1. The number of aromatic nitrogens is 2. The highest BCUT2D eigenvalue weighted by Crippen LogP contribution is 2.23. The Balaban J connectivity index is 1.86. The number of imidazole rings is 1. The Morgan fingerprint density at radius 1 is 1.21 bits per heavy atom. The van der Waals surface area contributed by atoms with E-state index in [0.717, 1.165) is 17.7 Å². The molecule has 0 aliphatic heterocycles. The van der Waals surface area contributed by atoms with Crippen LogP contribution in [0.2, 0.25) is 0 Å². The lowest BCUT2D eigenvalue weighted by Crippen LogP contribution is -2.21. The largest absolute Gasteiger partial charge is 0.496 e. The average molecular weight is 412 g/mol. The first kappa shape index (κ1) is 20.7. The number of ketones is 1. The number of nitrogens with zero attached hydrogens (tertiary/aromatic N) is 2.